The van der Waals surface area contributed by atoms with E-state index in [1.54, 1.807) is 6.92 Å². The summed E-state index contributed by atoms with van der Waals surface area (Å²) >= 11 is 0. The average Bonchev–Trinajstić information content (AvgIpc) is 2.18. The summed E-state index contributed by atoms with van der Waals surface area (Å²) in [7, 11) is 0. The van der Waals surface area contributed by atoms with Gasteiger partial charge in [-0.1, -0.05) is 6.92 Å². The third-order valence-electron chi connectivity index (χ3n) is 1.83. The van der Waals surface area contributed by atoms with Crippen LogP contribution in [0.25, 0.3) is 0 Å². The quantitative estimate of drug-likeness (QED) is 0.507. The van der Waals surface area contributed by atoms with E-state index in [1.807, 2.05) is 13.8 Å². The molecule has 0 bridgehead atoms. The van der Waals surface area contributed by atoms with Crippen molar-refractivity contribution < 1.29 is 9.59 Å². The van der Waals surface area contributed by atoms with Gasteiger partial charge in [0.25, 0.3) is 0 Å². The molecule has 2 amide bonds. The molecule has 3 N–H and O–H groups in total. The highest BCUT2D eigenvalue weighted by molar-refractivity contribution is 5.87. The molecule has 0 aromatic heterocycles. The summed E-state index contributed by atoms with van der Waals surface area (Å²) in [4.78, 5) is 22.5. The molecule has 5 heteroatoms. The van der Waals surface area contributed by atoms with Gasteiger partial charge in [0.2, 0.25) is 11.8 Å². The fourth-order valence-electron chi connectivity index (χ4n) is 1.06. The van der Waals surface area contributed by atoms with Crippen molar-refractivity contribution in [1.29, 1.82) is 0 Å². The first-order valence-corrected chi connectivity index (χ1v) is 5.39. The van der Waals surface area contributed by atoms with E-state index in [4.69, 9.17) is 0 Å². The summed E-state index contributed by atoms with van der Waals surface area (Å²) < 4.78 is 0. The lowest BCUT2D eigenvalue weighted by molar-refractivity contribution is -0.128. The van der Waals surface area contributed by atoms with Crippen LogP contribution in [0.4, 0.5) is 0 Å². The number of hydrogen-bond acceptors (Lipinski definition) is 3. The first-order valence-electron chi connectivity index (χ1n) is 5.39. The Morgan fingerprint density at radius 3 is 2.47 bits per heavy atom. The zero-order valence-corrected chi connectivity index (χ0v) is 9.72. The maximum atomic E-state index is 11.3. The molecule has 0 spiro atoms. The SMILES string of the molecule is CCCNCC(=O)NC(C)C(=O)NCC. The maximum Gasteiger partial charge on any atom is 0.242 e. The van der Waals surface area contributed by atoms with Crippen LogP contribution in [0, 0.1) is 0 Å². The van der Waals surface area contributed by atoms with Crippen molar-refractivity contribution in [2.45, 2.75) is 33.2 Å². The molecule has 0 saturated carbocycles. The predicted molar refractivity (Wildman–Crippen MR) is 59.4 cm³/mol. The highest BCUT2D eigenvalue weighted by Crippen LogP contribution is 1.81. The maximum absolute atomic E-state index is 11.3. The highest BCUT2D eigenvalue weighted by Gasteiger charge is 2.13. The van der Waals surface area contributed by atoms with Crippen LogP contribution >= 0.6 is 0 Å². The molecule has 1 atom stereocenters. The van der Waals surface area contributed by atoms with Crippen LogP contribution in [0.5, 0.6) is 0 Å². The summed E-state index contributed by atoms with van der Waals surface area (Å²) in [6.07, 6.45) is 0.985. The van der Waals surface area contributed by atoms with Gasteiger partial charge in [-0.15, -0.1) is 0 Å². The first-order chi connectivity index (χ1) is 7.11. The highest BCUT2D eigenvalue weighted by atomic mass is 16.2. The Hall–Kier alpha value is -1.10. The van der Waals surface area contributed by atoms with Crippen molar-refractivity contribution in [3.8, 4) is 0 Å². The summed E-state index contributed by atoms with van der Waals surface area (Å²) in [5, 5.41) is 8.22. The number of rotatable bonds is 7. The Morgan fingerprint density at radius 2 is 1.93 bits per heavy atom. The number of carbonyl (C=O) groups excluding carboxylic acids is 2. The molecular formula is C10H21N3O2. The summed E-state index contributed by atoms with van der Waals surface area (Å²) in [6, 6.07) is -0.471. The Bertz CT molecular complexity index is 207. The molecule has 0 heterocycles. The van der Waals surface area contributed by atoms with Crippen molar-refractivity contribution in [3.63, 3.8) is 0 Å². The number of likely N-dealkylation sites (N-methyl/N-ethyl adjacent to an activating group) is 1. The fourth-order valence-corrected chi connectivity index (χ4v) is 1.06. The minimum absolute atomic E-state index is 0.151. The molecule has 1 unspecified atom stereocenters. The minimum atomic E-state index is -0.471. The van der Waals surface area contributed by atoms with Crippen LogP contribution < -0.4 is 16.0 Å². The van der Waals surface area contributed by atoms with Crippen molar-refractivity contribution in [2.75, 3.05) is 19.6 Å². The molecule has 0 rings (SSSR count). The van der Waals surface area contributed by atoms with E-state index < -0.39 is 6.04 Å². The topological polar surface area (TPSA) is 70.2 Å². The molecule has 0 aliphatic heterocycles. The second kappa shape index (κ2) is 8.23. The van der Waals surface area contributed by atoms with E-state index in [-0.39, 0.29) is 18.4 Å². The normalized spacial score (nSPS) is 11.9. The van der Waals surface area contributed by atoms with Crippen LogP contribution in [0.1, 0.15) is 27.2 Å². The minimum Gasteiger partial charge on any atom is -0.355 e. The Balaban J connectivity index is 3.70. The largest absolute Gasteiger partial charge is 0.355 e. The smallest absolute Gasteiger partial charge is 0.242 e. The van der Waals surface area contributed by atoms with Gasteiger partial charge in [-0.2, -0.15) is 0 Å². The van der Waals surface area contributed by atoms with Gasteiger partial charge in [0.1, 0.15) is 6.04 Å². The third-order valence-corrected chi connectivity index (χ3v) is 1.83. The molecule has 0 aliphatic carbocycles. The molecule has 0 aliphatic rings. The molecule has 0 radical (unpaired) electrons. The molecule has 0 fully saturated rings. The van der Waals surface area contributed by atoms with Crippen LogP contribution in [-0.4, -0.2) is 37.5 Å². The van der Waals surface area contributed by atoms with Gasteiger partial charge in [-0.25, -0.2) is 0 Å². The van der Waals surface area contributed by atoms with Crippen LogP contribution in [0.3, 0.4) is 0 Å². The number of hydrogen-bond donors (Lipinski definition) is 3. The summed E-state index contributed by atoms with van der Waals surface area (Å²) in [6.45, 7) is 7.19. The van der Waals surface area contributed by atoms with Crippen molar-refractivity contribution in [2.24, 2.45) is 0 Å². The second-order valence-corrected chi connectivity index (χ2v) is 3.36. The average molecular weight is 215 g/mol. The number of amides is 2. The van der Waals surface area contributed by atoms with E-state index in [9.17, 15) is 9.59 Å². The Morgan fingerprint density at radius 1 is 1.27 bits per heavy atom. The van der Waals surface area contributed by atoms with Crippen LogP contribution in [0.15, 0.2) is 0 Å². The molecule has 5 nitrogen and oxygen atoms in total. The molecule has 0 saturated heterocycles. The van der Waals surface area contributed by atoms with Crippen molar-refractivity contribution >= 4 is 11.8 Å². The van der Waals surface area contributed by atoms with Crippen LogP contribution in [-0.2, 0) is 9.59 Å². The van der Waals surface area contributed by atoms with Gasteiger partial charge in [-0.3, -0.25) is 9.59 Å². The Labute approximate surface area is 91.0 Å². The standard InChI is InChI=1S/C10H21N3O2/c1-4-6-11-7-9(14)13-8(3)10(15)12-5-2/h8,11H,4-7H2,1-3H3,(H,12,15)(H,13,14). The van der Waals surface area contributed by atoms with Gasteiger partial charge in [0.05, 0.1) is 6.54 Å². The molecule has 0 aromatic rings. The van der Waals surface area contributed by atoms with E-state index in [0.29, 0.717) is 6.54 Å². The van der Waals surface area contributed by atoms with Gasteiger partial charge < -0.3 is 16.0 Å². The van der Waals surface area contributed by atoms with Gasteiger partial charge in [-0.05, 0) is 26.8 Å². The van der Waals surface area contributed by atoms with E-state index >= 15 is 0 Å². The second-order valence-electron chi connectivity index (χ2n) is 3.36. The number of nitrogens with one attached hydrogen (secondary N) is 3. The van der Waals surface area contributed by atoms with Crippen molar-refractivity contribution in [1.82, 2.24) is 16.0 Å². The Kier molecular flexibility index (Phi) is 7.62. The molecule has 88 valence electrons. The van der Waals surface area contributed by atoms with Gasteiger partial charge >= 0.3 is 0 Å². The first kappa shape index (κ1) is 13.9. The lowest BCUT2D eigenvalue weighted by Gasteiger charge is -2.13. The van der Waals surface area contributed by atoms with Crippen LogP contribution in [0.2, 0.25) is 0 Å². The molecule has 0 aromatic carbocycles. The number of carbonyl (C=O) groups is 2. The molecule has 15 heavy (non-hydrogen) atoms. The van der Waals surface area contributed by atoms with Gasteiger partial charge in [0, 0.05) is 6.54 Å². The summed E-state index contributed by atoms with van der Waals surface area (Å²) in [5.74, 6) is -0.302. The third kappa shape index (κ3) is 6.90. The lowest BCUT2D eigenvalue weighted by atomic mass is 10.3. The van der Waals surface area contributed by atoms with Crippen molar-refractivity contribution in [3.05, 3.63) is 0 Å². The summed E-state index contributed by atoms with van der Waals surface area (Å²) in [5.41, 5.74) is 0. The monoisotopic (exact) mass is 215 g/mol. The van der Waals surface area contributed by atoms with E-state index in [0.717, 1.165) is 13.0 Å². The fraction of sp³-hybridized carbons (Fsp3) is 0.800. The zero-order chi connectivity index (χ0) is 11.7. The van der Waals surface area contributed by atoms with Gasteiger partial charge in [0.15, 0.2) is 0 Å². The van der Waals surface area contributed by atoms with E-state index in [1.165, 1.54) is 0 Å². The predicted octanol–water partition coefficient (Wildman–Crippen LogP) is -0.373. The molecular weight excluding hydrogens is 194 g/mol. The zero-order valence-electron chi connectivity index (χ0n) is 9.72. The van der Waals surface area contributed by atoms with E-state index in [2.05, 4.69) is 16.0 Å². The lowest BCUT2D eigenvalue weighted by Crippen LogP contribution is -2.47.